The van der Waals surface area contributed by atoms with Crippen LogP contribution in [0.15, 0.2) is 23.3 Å². The lowest BCUT2D eigenvalue weighted by atomic mass is 9.48. The van der Waals surface area contributed by atoms with Crippen molar-refractivity contribution in [2.45, 2.75) is 116 Å². The number of fused-ring (bicyclic) bond motifs is 3. The molecule has 0 amide bonds. The summed E-state index contributed by atoms with van der Waals surface area (Å²) in [6.07, 6.45) is 8.69. The summed E-state index contributed by atoms with van der Waals surface area (Å²) in [6, 6.07) is 0. The SMILES string of the molecule is CC(C)[C@@H](C)/C=C/[C@@H](C)[C@H]1CC[C@@]2([O])C3=C(CC[C@]12C)[C@@]1(C)CC[C@H](O)C[C@@]12O[C@H]2[C@@H]3O. The van der Waals surface area contributed by atoms with Crippen molar-refractivity contribution in [2.75, 3.05) is 0 Å². The standard InChI is InChI=1S/C28H43O4/c1-16(2)17(3)7-8-18(4)20-11-14-27(31)22-21(10-13-25(20,27)5)26(6)12-9-19(29)15-28(26)24(32-28)23(22)30/h7-8,16-20,23-24,29-30H,9-15H2,1-6H3/b8-7+/t17-,18+,19-,20+,23+,24-,25+,26+,27+,28-/m0/s1. The third-order valence-electron chi connectivity index (χ3n) is 11.0. The van der Waals surface area contributed by atoms with Gasteiger partial charge in [-0.25, -0.2) is 5.11 Å². The molecule has 0 aromatic heterocycles. The average molecular weight is 444 g/mol. The van der Waals surface area contributed by atoms with Gasteiger partial charge in [-0.2, -0.15) is 0 Å². The molecule has 4 nitrogen and oxygen atoms in total. The van der Waals surface area contributed by atoms with Gasteiger partial charge in [0.05, 0.1) is 6.10 Å². The van der Waals surface area contributed by atoms with E-state index in [2.05, 4.69) is 53.7 Å². The zero-order valence-electron chi connectivity index (χ0n) is 20.9. The second-order valence-electron chi connectivity index (χ2n) is 12.7. The van der Waals surface area contributed by atoms with Crippen molar-refractivity contribution in [3.05, 3.63) is 23.3 Å². The van der Waals surface area contributed by atoms with Gasteiger partial charge in [0.15, 0.2) is 0 Å². The van der Waals surface area contributed by atoms with Gasteiger partial charge in [-0.3, -0.25) is 0 Å². The molecule has 1 heterocycles. The van der Waals surface area contributed by atoms with Crippen LogP contribution in [0.25, 0.3) is 0 Å². The van der Waals surface area contributed by atoms with Gasteiger partial charge in [0, 0.05) is 17.3 Å². The molecular formula is C28H43O4. The largest absolute Gasteiger partial charge is 0.393 e. The van der Waals surface area contributed by atoms with E-state index in [1.54, 1.807) is 0 Å². The van der Waals surface area contributed by atoms with Crippen molar-refractivity contribution in [3.8, 4) is 0 Å². The smallest absolute Gasteiger partial charge is 0.133 e. The zero-order chi connectivity index (χ0) is 23.3. The Bertz CT molecular complexity index is 846. The zero-order valence-corrected chi connectivity index (χ0v) is 20.9. The maximum atomic E-state index is 14.8. The van der Waals surface area contributed by atoms with E-state index in [1.807, 2.05) is 0 Å². The molecule has 5 aliphatic rings. The molecule has 4 heteroatoms. The van der Waals surface area contributed by atoms with Crippen molar-refractivity contribution in [2.24, 2.45) is 34.5 Å². The van der Waals surface area contributed by atoms with Crippen molar-refractivity contribution in [1.82, 2.24) is 0 Å². The molecule has 0 bridgehead atoms. The third kappa shape index (κ3) is 2.76. The normalized spacial score (nSPS) is 51.8. The molecule has 1 saturated heterocycles. The van der Waals surface area contributed by atoms with Crippen LogP contribution in [0, 0.1) is 34.5 Å². The second kappa shape index (κ2) is 7.16. The maximum Gasteiger partial charge on any atom is 0.133 e. The van der Waals surface area contributed by atoms with E-state index in [0.29, 0.717) is 36.5 Å². The highest BCUT2D eigenvalue weighted by atomic mass is 16.6. The molecule has 5 rings (SSSR count). The first kappa shape index (κ1) is 23.1. The van der Waals surface area contributed by atoms with Crippen molar-refractivity contribution >= 4 is 0 Å². The van der Waals surface area contributed by atoms with Gasteiger partial charge in [0.2, 0.25) is 0 Å². The van der Waals surface area contributed by atoms with Crippen LogP contribution in [0.5, 0.6) is 0 Å². The lowest BCUT2D eigenvalue weighted by Gasteiger charge is -2.56. The summed E-state index contributed by atoms with van der Waals surface area (Å²) >= 11 is 0. The van der Waals surface area contributed by atoms with E-state index in [9.17, 15) is 15.3 Å². The van der Waals surface area contributed by atoms with E-state index in [-0.39, 0.29) is 23.0 Å². The predicted octanol–water partition coefficient (Wildman–Crippen LogP) is 5.21. The molecule has 3 fully saturated rings. The Hall–Kier alpha value is -0.680. The van der Waals surface area contributed by atoms with Gasteiger partial charge in [-0.15, -0.1) is 0 Å². The number of rotatable bonds is 4. The molecule has 32 heavy (non-hydrogen) atoms. The Kier molecular flexibility index (Phi) is 5.17. The van der Waals surface area contributed by atoms with Crippen molar-refractivity contribution < 1.29 is 20.1 Å². The summed E-state index contributed by atoms with van der Waals surface area (Å²) in [5.74, 6) is 1.84. The monoisotopic (exact) mass is 443 g/mol. The van der Waals surface area contributed by atoms with Crippen LogP contribution in [0.3, 0.4) is 0 Å². The summed E-state index contributed by atoms with van der Waals surface area (Å²) in [7, 11) is 0. The minimum atomic E-state index is -1.21. The number of allylic oxidation sites excluding steroid dienone is 2. The van der Waals surface area contributed by atoms with Gasteiger partial charge in [-0.05, 0) is 67.8 Å². The Morgan fingerprint density at radius 1 is 1.03 bits per heavy atom. The highest BCUT2D eigenvalue weighted by Gasteiger charge is 2.78. The lowest BCUT2D eigenvalue weighted by molar-refractivity contribution is -0.123. The molecule has 1 radical (unpaired) electrons. The summed E-state index contributed by atoms with van der Waals surface area (Å²) < 4.78 is 6.23. The second-order valence-corrected chi connectivity index (χ2v) is 12.7. The number of hydrogen-bond acceptors (Lipinski definition) is 3. The van der Waals surface area contributed by atoms with Gasteiger partial charge in [-0.1, -0.05) is 59.3 Å². The van der Waals surface area contributed by atoms with Gasteiger partial charge < -0.3 is 14.9 Å². The fraction of sp³-hybridized carbons (Fsp3) is 0.857. The number of aliphatic hydroxyl groups excluding tert-OH is 2. The van der Waals surface area contributed by atoms with E-state index in [4.69, 9.17) is 4.74 Å². The molecule has 2 N–H and O–H groups in total. The van der Waals surface area contributed by atoms with Crippen LogP contribution in [-0.4, -0.2) is 39.7 Å². The molecule has 0 aromatic carbocycles. The van der Waals surface area contributed by atoms with Crippen LogP contribution in [0.2, 0.25) is 0 Å². The number of aliphatic hydroxyl groups is 2. The fourth-order valence-corrected chi connectivity index (χ4v) is 8.42. The maximum absolute atomic E-state index is 14.8. The molecule has 10 atom stereocenters. The highest BCUT2D eigenvalue weighted by Crippen LogP contribution is 2.73. The lowest BCUT2D eigenvalue weighted by Crippen LogP contribution is -2.60. The van der Waals surface area contributed by atoms with Crippen LogP contribution >= 0.6 is 0 Å². The van der Waals surface area contributed by atoms with Crippen molar-refractivity contribution in [3.63, 3.8) is 0 Å². The minimum Gasteiger partial charge on any atom is -0.393 e. The summed E-state index contributed by atoms with van der Waals surface area (Å²) in [5.41, 5.74) is -0.271. The van der Waals surface area contributed by atoms with Gasteiger partial charge in [0.25, 0.3) is 0 Å². The Balaban J connectivity index is 1.50. The molecule has 4 aliphatic carbocycles. The van der Waals surface area contributed by atoms with Gasteiger partial charge in [0.1, 0.15) is 23.4 Å². The van der Waals surface area contributed by atoms with E-state index in [1.165, 1.54) is 5.57 Å². The topological polar surface area (TPSA) is 72.9 Å². The molecule has 2 saturated carbocycles. The molecule has 1 spiro atoms. The Labute approximate surface area is 194 Å². The molecular weight excluding hydrogens is 400 g/mol. The average Bonchev–Trinajstić information content (AvgIpc) is 3.38. The molecule has 0 unspecified atom stereocenters. The fourth-order valence-electron chi connectivity index (χ4n) is 8.42. The van der Waals surface area contributed by atoms with Crippen LogP contribution in [0.1, 0.15) is 86.5 Å². The van der Waals surface area contributed by atoms with Crippen LogP contribution in [0.4, 0.5) is 0 Å². The highest BCUT2D eigenvalue weighted by molar-refractivity contribution is 5.49. The number of ether oxygens (including phenoxy) is 1. The first-order valence-electron chi connectivity index (χ1n) is 13.1. The minimum absolute atomic E-state index is 0.222. The Morgan fingerprint density at radius 2 is 1.75 bits per heavy atom. The van der Waals surface area contributed by atoms with E-state index < -0.39 is 17.3 Å². The van der Waals surface area contributed by atoms with E-state index >= 15 is 0 Å². The summed E-state index contributed by atoms with van der Waals surface area (Å²) in [4.78, 5) is 0. The van der Waals surface area contributed by atoms with Gasteiger partial charge >= 0.3 is 0 Å². The Morgan fingerprint density at radius 3 is 2.44 bits per heavy atom. The number of hydrogen-bond donors (Lipinski definition) is 2. The molecule has 0 aromatic rings. The van der Waals surface area contributed by atoms with E-state index in [0.717, 1.165) is 37.7 Å². The summed E-state index contributed by atoms with van der Waals surface area (Å²) in [5, 5.41) is 36.7. The number of epoxide rings is 1. The molecule has 179 valence electrons. The van der Waals surface area contributed by atoms with Crippen LogP contribution < -0.4 is 0 Å². The first-order valence-corrected chi connectivity index (χ1v) is 13.1. The third-order valence-corrected chi connectivity index (χ3v) is 11.0. The van der Waals surface area contributed by atoms with Crippen molar-refractivity contribution in [1.29, 1.82) is 0 Å². The first-order chi connectivity index (χ1) is 14.9. The predicted molar refractivity (Wildman–Crippen MR) is 124 cm³/mol. The quantitative estimate of drug-likeness (QED) is 0.463. The summed E-state index contributed by atoms with van der Waals surface area (Å²) in [6.45, 7) is 13.5. The molecule has 1 aliphatic heterocycles. The van der Waals surface area contributed by atoms with Crippen LogP contribution in [-0.2, 0) is 9.84 Å².